The first-order valence-corrected chi connectivity index (χ1v) is 29.8. The molecule has 0 rings (SSSR count). The van der Waals surface area contributed by atoms with Gasteiger partial charge < -0.3 is 15.5 Å². The number of unbranched alkanes of at least 4 members (excludes halogenated alkanes) is 40. The van der Waals surface area contributed by atoms with Crippen LogP contribution in [0.1, 0.15) is 322 Å². The predicted molar refractivity (Wildman–Crippen MR) is 295 cm³/mol. The molecule has 1 amide bonds. The van der Waals surface area contributed by atoms with Gasteiger partial charge in [-0.25, -0.2) is 0 Å². The zero-order valence-corrected chi connectivity index (χ0v) is 44.7. The average Bonchev–Trinajstić information content (AvgIpc) is 3.32. The standard InChI is InChI=1S/C62H117NO3/c1-3-5-7-9-11-13-15-17-19-21-23-25-26-27-28-29-30-31-32-33-34-35-36-38-39-41-43-45-47-49-51-53-55-57-61(65)60(59-64)63-62(66)58-56-54-52-50-48-46-44-42-40-37-24-22-20-18-16-14-12-10-8-6-4-2/h6,8,12,14,18,20,24,37,60-61,64-65H,3-5,7,9-11,13,15-17,19,21-23,25-36,38-59H2,1-2H3,(H,63,66)/b8-6-,14-12-,20-18-,37-24-. The summed E-state index contributed by atoms with van der Waals surface area (Å²) in [4.78, 5) is 12.5. The van der Waals surface area contributed by atoms with Crippen LogP contribution in [0.5, 0.6) is 0 Å². The monoisotopic (exact) mass is 924 g/mol. The van der Waals surface area contributed by atoms with Crippen LogP contribution in [0.25, 0.3) is 0 Å². The fourth-order valence-electron chi connectivity index (χ4n) is 9.36. The van der Waals surface area contributed by atoms with E-state index < -0.39 is 12.1 Å². The molecule has 2 unspecified atom stereocenters. The Bertz CT molecular complexity index is 1050. The molecular formula is C62H117NO3. The first kappa shape index (κ1) is 64.3. The minimum Gasteiger partial charge on any atom is -0.394 e. The molecule has 4 nitrogen and oxygen atoms in total. The maximum atomic E-state index is 12.5. The summed E-state index contributed by atoms with van der Waals surface area (Å²) >= 11 is 0. The van der Waals surface area contributed by atoms with Crippen molar-refractivity contribution >= 4 is 5.91 Å². The lowest BCUT2D eigenvalue weighted by molar-refractivity contribution is -0.123. The lowest BCUT2D eigenvalue weighted by atomic mass is 10.0. The third-order valence-corrected chi connectivity index (χ3v) is 13.9. The Kier molecular flexibility index (Phi) is 56.2. The number of hydrogen-bond donors (Lipinski definition) is 3. The molecular weight excluding hydrogens is 807 g/mol. The molecule has 0 aromatic rings. The van der Waals surface area contributed by atoms with E-state index in [0.717, 1.165) is 51.4 Å². The molecule has 0 heterocycles. The van der Waals surface area contributed by atoms with Gasteiger partial charge in [0.05, 0.1) is 18.8 Å². The van der Waals surface area contributed by atoms with Gasteiger partial charge in [0.2, 0.25) is 5.91 Å². The van der Waals surface area contributed by atoms with Gasteiger partial charge in [-0.3, -0.25) is 4.79 Å². The smallest absolute Gasteiger partial charge is 0.220 e. The van der Waals surface area contributed by atoms with E-state index in [-0.39, 0.29) is 12.5 Å². The highest BCUT2D eigenvalue weighted by Crippen LogP contribution is 2.18. The van der Waals surface area contributed by atoms with Crippen molar-refractivity contribution in [1.29, 1.82) is 0 Å². The summed E-state index contributed by atoms with van der Waals surface area (Å²) in [5.41, 5.74) is 0. The Balaban J connectivity index is 3.42. The van der Waals surface area contributed by atoms with Crippen molar-refractivity contribution in [2.24, 2.45) is 0 Å². The lowest BCUT2D eigenvalue weighted by Gasteiger charge is -2.22. The van der Waals surface area contributed by atoms with Crippen molar-refractivity contribution in [3.05, 3.63) is 48.6 Å². The van der Waals surface area contributed by atoms with Crippen LogP contribution >= 0.6 is 0 Å². The van der Waals surface area contributed by atoms with Crippen molar-refractivity contribution in [2.75, 3.05) is 6.61 Å². The van der Waals surface area contributed by atoms with Gasteiger partial charge in [-0.2, -0.15) is 0 Å². The molecule has 66 heavy (non-hydrogen) atoms. The van der Waals surface area contributed by atoms with Gasteiger partial charge in [-0.1, -0.05) is 313 Å². The summed E-state index contributed by atoms with van der Waals surface area (Å²) in [7, 11) is 0. The van der Waals surface area contributed by atoms with E-state index >= 15 is 0 Å². The van der Waals surface area contributed by atoms with Crippen LogP contribution in [0.3, 0.4) is 0 Å². The summed E-state index contributed by atoms with van der Waals surface area (Å²) in [6, 6.07) is -0.544. The number of aliphatic hydroxyl groups excluding tert-OH is 2. The largest absolute Gasteiger partial charge is 0.394 e. The number of aliphatic hydroxyl groups is 2. The first-order valence-electron chi connectivity index (χ1n) is 29.8. The first-order chi connectivity index (χ1) is 32.7. The molecule has 0 bridgehead atoms. The van der Waals surface area contributed by atoms with Crippen LogP contribution in [-0.2, 0) is 4.79 Å². The quantitative estimate of drug-likeness (QED) is 0.0420. The summed E-state index contributed by atoms with van der Waals surface area (Å²) in [5.74, 6) is -0.0369. The second kappa shape index (κ2) is 57.7. The van der Waals surface area contributed by atoms with E-state index in [1.165, 1.54) is 244 Å². The number of allylic oxidation sites excluding steroid dienone is 8. The summed E-state index contributed by atoms with van der Waals surface area (Å²) in [6.07, 6.45) is 79.8. The zero-order valence-electron chi connectivity index (χ0n) is 44.7. The average molecular weight is 925 g/mol. The van der Waals surface area contributed by atoms with Gasteiger partial charge in [-0.05, 0) is 51.4 Å². The summed E-state index contributed by atoms with van der Waals surface area (Å²) in [5, 5.41) is 23.4. The van der Waals surface area contributed by atoms with E-state index in [4.69, 9.17) is 0 Å². The van der Waals surface area contributed by atoms with E-state index in [1.807, 2.05) is 0 Å². The van der Waals surface area contributed by atoms with Gasteiger partial charge >= 0.3 is 0 Å². The van der Waals surface area contributed by atoms with E-state index in [2.05, 4.69) is 67.8 Å². The Hall–Kier alpha value is -1.65. The summed E-state index contributed by atoms with van der Waals surface area (Å²) in [6.45, 7) is 4.27. The third kappa shape index (κ3) is 53.3. The van der Waals surface area contributed by atoms with Crippen molar-refractivity contribution in [3.63, 3.8) is 0 Å². The number of carbonyl (C=O) groups excluding carboxylic acids is 1. The molecule has 4 heteroatoms. The van der Waals surface area contributed by atoms with Gasteiger partial charge in [0.15, 0.2) is 0 Å². The van der Waals surface area contributed by atoms with Crippen LogP contribution in [0, 0.1) is 0 Å². The molecule has 0 saturated heterocycles. The number of nitrogens with one attached hydrogen (secondary N) is 1. The number of rotatable bonds is 55. The number of hydrogen-bond acceptors (Lipinski definition) is 3. The minimum absolute atomic E-state index is 0.0369. The Labute approximate surface area is 414 Å². The van der Waals surface area contributed by atoms with Crippen molar-refractivity contribution < 1.29 is 15.0 Å². The van der Waals surface area contributed by atoms with Crippen LogP contribution in [0.4, 0.5) is 0 Å². The van der Waals surface area contributed by atoms with E-state index in [9.17, 15) is 15.0 Å². The van der Waals surface area contributed by atoms with Crippen molar-refractivity contribution in [1.82, 2.24) is 5.32 Å². The molecule has 0 aliphatic carbocycles. The normalized spacial score (nSPS) is 13.1. The van der Waals surface area contributed by atoms with Crippen molar-refractivity contribution in [3.8, 4) is 0 Å². The zero-order chi connectivity index (χ0) is 47.7. The molecule has 0 aromatic carbocycles. The Morgan fingerprint density at radius 3 is 1.00 bits per heavy atom. The Morgan fingerprint density at radius 2 is 0.667 bits per heavy atom. The van der Waals surface area contributed by atoms with Gasteiger partial charge in [0, 0.05) is 6.42 Å². The topological polar surface area (TPSA) is 69.6 Å². The molecule has 0 radical (unpaired) electrons. The van der Waals surface area contributed by atoms with Gasteiger partial charge in [-0.15, -0.1) is 0 Å². The maximum Gasteiger partial charge on any atom is 0.220 e. The number of amides is 1. The Morgan fingerprint density at radius 1 is 0.379 bits per heavy atom. The summed E-state index contributed by atoms with van der Waals surface area (Å²) < 4.78 is 0. The molecule has 2 atom stereocenters. The van der Waals surface area contributed by atoms with Crippen LogP contribution < -0.4 is 5.32 Å². The molecule has 0 aromatic heterocycles. The van der Waals surface area contributed by atoms with Gasteiger partial charge in [0.1, 0.15) is 0 Å². The highest BCUT2D eigenvalue weighted by atomic mass is 16.3. The lowest BCUT2D eigenvalue weighted by Crippen LogP contribution is -2.45. The molecule has 0 aliphatic rings. The second-order valence-corrected chi connectivity index (χ2v) is 20.4. The maximum absolute atomic E-state index is 12.5. The highest BCUT2D eigenvalue weighted by molar-refractivity contribution is 5.76. The van der Waals surface area contributed by atoms with E-state index in [0.29, 0.717) is 12.8 Å². The van der Waals surface area contributed by atoms with Crippen LogP contribution in [0.2, 0.25) is 0 Å². The fourth-order valence-corrected chi connectivity index (χ4v) is 9.36. The van der Waals surface area contributed by atoms with E-state index in [1.54, 1.807) is 0 Å². The number of carbonyl (C=O) groups is 1. The second-order valence-electron chi connectivity index (χ2n) is 20.4. The molecule has 3 N–H and O–H groups in total. The molecule has 0 spiro atoms. The molecule has 388 valence electrons. The third-order valence-electron chi connectivity index (χ3n) is 13.9. The van der Waals surface area contributed by atoms with Crippen molar-refractivity contribution in [2.45, 2.75) is 334 Å². The van der Waals surface area contributed by atoms with Crippen LogP contribution in [0.15, 0.2) is 48.6 Å². The highest BCUT2D eigenvalue weighted by Gasteiger charge is 2.20. The van der Waals surface area contributed by atoms with Gasteiger partial charge in [0.25, 0.3) is 0 Å². The minimum atomic E-state index is -0.666. The molecule has 0 fully saturated rings. The van der Waals surface area contributed by atoms with Crippen LogP contribution in [-0.4, -0.2) is 34.9 Å². The SMILES string of the molecule is CC/C=C\C/C=C\C/C=C\C/C=C\CCCCCCCCCCC(=O)NC(CO)C(O)CCCCCCCCCCCCCCCCCCCCCCCCCCCCCCCCCCC. The predicted octanol–water partition coefficient (Wildman–Crippen LogP) is 19.8. The molecule has 0 aliphatic heterocycles. The molecule has 0 saturated carbocycles. The fraction of sp³-hybridized carbons (Fsp3) is 0.855.